The second-order valence-electron chi connectivity index (χ2n) is 6.42. The third-order valence-electron chi connectivity index (χ3n) is 3.40. The molecule has 1 rings (SSSR count). The smallest absolute Gasteiger partial charge is 0.327 e. The van der Waals surface area contributed by atoms with Crippen LogP contribution in [-0.4, -0.2) is 62.3 Å². The summed E-state index contributed by atoms with van der Waals surface area (Å²) in [5, 5.41) is 9.09. The molecule has 0 bridgehead atoms. The molecule has 0 aromatic carbocycles. The summed E-state index contributed by atoms with van der Waals surface area (Å²) in [6, 6.07) is -0.659. The van der Waals surface area contributed by atoms with Crippen LogP contribution in [-0.2, 0) is 14.3 Å². The van der Waals surface area contributed by atoms with Crippen LogP contribution < -0.4 is 5.48 Å². The van der Waals surface area contributed by atoms with Crippen molar-refractivity contribution in [3.63, 3.8) is 0 Å². The third kappa shape index (κ3) is 7.19. The first-order chi connectivity index (χ1) is 9.42. The largest absolute Gasteiger partial charge is 0.435 e. The van der Waals surface area contributed by atoms with Gasteiger partial charge in [-0.05, 0) is 32.1 Å². The normalized spacial score (nSPS) is 21.5. The van der Waals surface area contributed by atoms with Gasteiger partial charge in [0.15, 0.2) is 0 Å². The molecule has 2 atom stereocenters. The van der Waals surface area contributed by atoms with Gasteiger partial charge in [-0.25, -0.2) is 0 Å². The lowest BCUT2D eigenvalue weighted by Gasteiger charge is -2.25. The lowest BCUT2D eigenvalue weighted by molar-refractivity contribution is -0.870. The fourth-order valence-electron chi connectivity index (χ4n) is 2.19. The van der Waals surface area contributed by atoms with E-state index in [-0.39, 0.29) is 0 Å². The van der Waals surface area contributed by atoms with Crippen molar-refractivity contribution in [1.29, 1.82) is 0 Å². The van der Waals surface area contributed by atoms with E-state index in [1.54, 1.807) is 0 Å². The molecular formula is C14H29N2O4+. The maximum Gasteiger partial charge on any atom is 0.327 e. The molecule has 0 radical (unpaired) electrons. The Morgan fingerprint density at radius 1 is 1.40 bits per heavy atom. The number of carbonyl (C=O) groups is 1. The average molecular weight is 289 g/mol. The Morgan fingerprint density at radius 2 is 2.15 bits per heavy atom. The highest BCUT2D eigenvalue weighted by molar-refractivity contribution is 5.75. The van der Waals surface area contributed by atoms with Crippen LogP contribution in [0.5, 0.6) is 0 Å². The van der Waals surface area contributed by atoms with Gasteiger partial charge in [0.25, 0.3) is 0 Å². The highest BCUT2D eigenvalue weighted by atomic mass is 16.7. The van der Waals surface area contributed by atoms with Crippen molar-refractivity contribution in [3.8, 4) is 0 Å². The second kappa shape index (κ2) is 8.56. The standard InChI is InChI=1S/C14H29N2O4/c1-16(2,3)10-6-4-8-12(15-18)14(17)20-13-9-5-7-11-19-13/h12-13,15,18H,4-11H2,1-3H3/q+1/t12-,13?/m0/s1. The summed E-state index contributed by atoms with van der Waals surface area (Å²) < 4.78 is 11.5. The monoisotopic (exact) mass is 289 g/mol. The van der Waals surface area contributed by atoms with Crippen LogP contribution in [0.1, 0.15) is 38.5 Å². The molecule has 6 heteroatoms. The molecule has 1 unspecified atom stereocenters. The summed E-state index contributed by atoms with van der Waals surface area (Å²) in [5.41, 5.74) is 2.05. The van der Waals surface area contributed by atoms with Crippen LogP contribution in [0, 0.1) is 0 Å². The predicted octanol–water partition coefficient (Wildman–Crippen LogP) is 1.28. The van der Waals surface area contributed by atoms with Gasteiger partial charge in [0.05, 0.1) is 34.3 Å². The van der Waals surface area contributed by atoms with Crippen molar-refractivity contribution in [1.82, 2.24) is 5.48 Å². The molecule has 1 saturated heterocycles. The van der Waals surface area contributed by atoms with Gasteiger partial charge in [-0.15, -0.1) is 0 Å². The quantitative estimate of drug-likeness (QED) is 0.305. The molecule has 0 spiro atoms. The first-order valence-electron chi connectivity index (χ1n) is 7.44. The van der Waals surface area contributed by atoms with Crippen LogP contribution in [0.2, 0.25) is 0 Å². The van der Waals surface area contributed by atoms with E-state index < -0.39 is 18.3 Å². The summed E-state index contributed by atoms with van der Waals surface area (Å²) >= 11 is 0. The van der Waals surface area contributed by atoms with Gasteiger partial charge in [-0.3, -0.25) is 4.79 Å². The summed E-state index contributed by atoms with van der Waals surface area (Å²) in [5.74, 6) is -0.426. The first kappa shape index (κ1) is 17.4. The van der Waals surface area contributed by atoms with Crippen molar-refractivity contribution < 1.29 is 24.0 Å². The van der Waals surface area contributed by atoms with E-state index in [1.807, 2.05) is 0 Å². The van der Waals surface area contributed by atoms with Crippen LogP contribution in [0.25, 0.3) is 0 Å². The summed E-state index contributed by atoms with van der Waals surface area (Å²) in [6.07, 6.45) is 4.77. The molecule has 1 aliphatic rings. The van der Waals surface area contributed by atoms with E-state index >= 15 is 0 Å². The topological polar surface area (TPSA) is 67.8 Å². The minimum absolute atomic E-state index is 0.426. The van der Waals surface area contributed by atoms with Gasteiger partial charge >= 0.3 is 5.97 Å². The molecule has 1 aliphatic heterocycles. The zero-order valence-electron chi connectivity index (χ0n) is 12.9. The van der Waals surface area contributed by atoms with Crippen molar-refractivity contribution in [2.75, 3.05) is 34.3 Å². The predicted molar refractivity (Wildman–Crippen MR) is 75.1 cm³/mol. The highest BCUT2D eigenvalue weighted by Gasteiger charge is 2.24. The fourth-order valence-corrected chi connectivity index (χ4v) is 2.19. The molecule has 1 fully saturated rings. The van der Waals surface area contributed by atoms with Gasteiger partial charge in [0, 0.05) is 6.42 Å². The van der Waals surface area contributed by atoms with Crippen molar-refractivity contribution in [2.24, 2.45) is 0 Å². The number of rotatable bonds is 8. The molecule has 0 aromatic heterocycles. The second-order valence-corrected chi connectivity index (χ2v) is 6.42. The summed E-state index contributed by atoms with van der Waals surface area (Å²) in [4.78, 5) is 11.9. The minimum Gasteiger partial charge on any atom is -0.435 e. The zero-order chi connectivity index (χ0) is 15.0. The molecule has 2 N–H and O–H groups in total. The SMILES string of the molecule is C[N+](C)(C)CCCC[C@H](NO)C(=O)OC1CCCCO1. The van der Waals surface area contributed by atoms with Crippen molar-refractivity contribution in [3.05, 3.63) is 0 Å². The number of quaternary nitrogens is 1. The van der Waals surface area contributed by atoms with E-state index in [9.17, 15) is 4.79 Å². The van der Waals surface area contributed by atoms with Crippen molar-refractivity contribution in [2.45, 2.75) is 50.9 Å². The Labute approximate surface area is 121 Å². The number of unbranched alkanes of at least 4 members (excludes halogenated alkanes) is 1. The molecule has 6 nitrogen and oxygen atoms in total. The Balaban J connectivity index is 2.24. The Hall–Kier alpha value is -0.690. The van der Waals surface area contributed by atoms with Gasteiger partial charge in [0.1, 0.15) is 6.04 Å². The number of nitrogens with one attached hydrogen (secondary N) is 1. The molecule has 0 aliphatic carbocycles. The lowest BCUT2D eigenvalue weighted by atomic mass is 10.1. The van der Waals surface area contributed by atoms with Gasteiger partial charge < -0.3 is 19.2 Å². The van der Waals surface area contributed by atoms with E-state index in [2.05, 4.69) is 26.6 Å². The number of ether oxygens (including phenoxy) is 2. The van der Waals surface area contributed by atoms with Crippen LogP contribution in [0.4, 0.5) is 0 Å². The highest BCUT2D eigenvalue weighted by Crippen LogP contribution is 2.15. The van der Waals surface area contributed by atoms with Crippen LogP contribution in [0.3, 0.4) is 0 Å². The average Bonchev–Trinajstić information content (AvgIpc) is 2.38. The van der Waals surface area contributed by atoms with E-state index in [0.717, 1.165) is 43.1 Å². The number of nitrogens with zero attached hydrogens (tertiary/aromatic N) is 1. The number of hydrogen-bond donors (Lipinski definition) is 2. The van der Waals surface area contributed by atoms with Crippen LogP contribution in [0.15, 0.2) is 0 Å². The maximum absolute atomic E-state index is 11.9. The van der Waals surface area contributed by atoms with Crippen LogP contribution >= 0.6 is 0 Å². The number of hydrogen-bond acceptors (Lipinski definition) is 5. The molecule has 0 amide bonds. The van der Waals surface area contributed by atoms with E-state index in [1.165, 1.54) is 0 Å². The molecule has 1 heterocycles. The molecule has 0 saturated carbocycles. The molecule has 118 valence electrons. The van der Waals surface area contributed by atoms with E-state index in [0.29, 0.717) is 13.0 Å². The van der Waals surface area contributed by atoms with Gasteiger partial charge in [-0.2, -0.15) is 5.48 Å². The zero-order valence-corrected chi connectivity index (χ0v) is 12.9. The summed E-state index contributed by atoms with van der Waals surface area (Å²) in [7, 11) is 6.41. The number of hydroxylamine groups is 1. The van der Waals surface area contributed by atoms with Crippen molar-refractivity contribution >= 4 is 5.97 Å². The van der Waals surface area contributed by atoms with Gasteiger partial charge in [-0.1, -0.05) is 0 Å². The van der Waals surface area contributed by atoms with Gasteiger partial charge in [0.2, 0.25) is 6.29 Å². The maximum atomic E-state index is 11.9. The number of carbonyl (C=O) groups excluding carboxylic acids is 1. The van der Waals surface area contributed by atoms with E-state index in [4.69, 9.17) is 14.7 Å². The lowest BCUT2D eigenvalue weighted by Crippen LogP contribution is -2.39. The Kier molecular flexibility index (Phi) is 7.43. The first-order valence-corrected chi connectivity index (χ1v) is 7.44. The molecule has 20 heavy (non-hydrogen) atoms. The fraction of sp³-hybridized carbons (Fsp3) is 0.929. The number of esters is 1. The Bertz CT molecular complexity index is 285. The third-order valence-corrected chi connectivity index (χ3v) is 3.40. The molecule has 0 aromatic rings. The minimum atomic E-state index is -0.659. The summed E-state index contributed by atoms with van der Waals surface area (Å²) in [6.45, 7) is 1.68. The Morgan fingerprint density at radius 3 is 2.70 bits per heavy atom. The molecular weight excluding hydrogens is 260 g/mol.